The summed E-state index contributed by atoms with van der Waals surface area (Å²) in [5.74, 6) is 0.979. The second-order valence-corrected chi connectivity index (χ2v) is 9.69. The summed E-state index contributed by atoms with van der Waals surface area (Å²) in [4.78, 5) is 37.0. The molecule has 1 aromatic carbocycles. The van der Waals surface area contributed by atoms with Crippen LogP contribution < -0.4 is 10.2 Å². The van der Waals surface area contributed by atoms with Crippen molar-refractivity contribution in [2.45, 2.75) is 26.7 Å². The topological polar surface area (TPSA) is 98.7 Å². The Morgan fingerprint density at radius 3 is 2.26 bits per heavy atom. The molecule has 1 saturated carbocycles. The predicted octanol–water partition coefficient (Wildman–Crippen LogP) is 3.00. The number of nitrogens with one attached hydrogen (secondary N) is 1. The van der Waals surface area contributed by atoms with Crippen LogP contribution in [-0.2, 0) is 4.79 Å². The monoisotopic (exact) mass is 421 g/mol. The molecule has 3 heterocycles. The van der Waals surface area contributed by atoms with Crippen LogP contribution >= 0.6 is 0 Å². The molecule has 2 N–H and O–H groups in total. The third kappa shape index (κ3) is 3.49. The van der Waals surface area contributed by atoms with Crippen molar-refractivity contribution in [2.24, 2.45) is 16.7 Å². The molecule has 1 aliphatic carbocycles. The van der Waals surface area contributed by atoms with E-state index in [1.165, 1.54) is 0 Å². The Labute approximate surface area is 181 Å². The van der Waals surface area contributed by atoms with E-state index in [9.17, 15) is 9.59 Å². The maximum atomic E-state index is 12.6. The summed E-state index contributed by atoms with van der Waals surface area (Å²) in [5.41, 5.74) is 1.03. The van der Waals surface area contributed by atoms with Crippen molar-refractivity contribution in [3.63, 3.8) is 0 Å². The highest BCUT2D eigenvalue weighted by Crippen LogP contribution is 2.53. The van der Waals surface area contributed by atoms with Crippen molar-refractivity contribution >= 4 is 29.3 Å². The van der Waals surface area contributed by atoms with Gasteiger partial charge in [-0.3, -0.25) is 4.79 Å². The molecule has 1 aromatic heterocycles. The number of aromatic nitrogens is 2. The molecule has 0 bridgehead atoms. The van der Waals surface area contributed by atoms with Crippen molar-refractivity contribution in [1.29, 1.82) is 0 Å². The zero-order valence-corrected chi connectivity index (χ0v) is 17.8. The molecule has 8 heteroatoms. The maximum Gasteiger partial charge on any atom is 0.335 e. The standard InChI is InChI=1S/C23H27N5O3/c1-22-11-27(12-23(22,2)14-28(13-22)19(29)15-3-4-15)18-9-10-24-21(26-18)25-17-7-5-16(6-8-17)20(30)31/h5-10,15H,3-4,11-14H2,1-2H3,(H,30,31)(H,24,25,26). The number of carbonyl (C=O) groups excluding carboxylic acids is 1. The number of anilines is 3. The van der Waals surface area contributed by atoms with Crippen LogP contribution in [0.3, 0.4) is 0 Å². The number of nitrogens with zero attached hydrogens (tertiary/aromatic N) is 4. The fourth-order valence-electron chi connectivity index (χ4n) is 4.98. The normalized spacial score (nSPS) is 27.3. The summed E-state index contributed by atoms with van der Waals surface area (Å²) in [6, 6.07) is 8.42. The number of aromatic carboxylic acids is 1. The number of carboxylic acids is 1. The van der Waals surface area contributed by atoms with E-state index in [1.807, 2.05) is 6.07 Å². The van der Waals surface area contributed by atoms with Crippen LogP contribution in [0.25, 0.3) is 0 Å². The van der Waals surface area contributed by atoms with Crippen LogP contribution in [-0.4, -0.2) is 58.0 Å². The molecule has 0 spiro atoms. The highest BCUT2D eigenvalue weighted by Gasteiger charge is 2.59. The van der Waals surface area contributed by atoms with Crippen molar-refractivity contribution in [3.8, 4) is 0 Å². The smallest absolute Gasteiger partial charge is 0.335 e. The third-order valence-electron chi connectivity index (χ3n) is 7.21. The Morgan fingerprint density at radius 1 is 1.03 bits per heavy atom. The lowest BCUT2D eigenvalue weighted by Gasteiger charge is -2.29. The molecule has 0 radical (unpaired) electrons. The number of fused-ring (bicyclic) bond motifs is 1. The van der Waals surface area contributed by atoms with Gasteiger partial charge in [-0.2, -0.15) is 4.98 Å². The zero-order chi connectivity index (χ0) is 21.8. The minimum Gasteiger partial charge on any atom is -0.478 e. The zero-order valence-electron chi connectivity index (χ0n) is 17.8. The molecule has 2 atom stereocenters. The molecule has 3 aliphatic rings. The third-order valence-corrected chi connectivity index (χ3v) is 7.21. The molecule has 8 nitrogen and oxygen atoms in total. The van der Waals surface area contributed by atoms with E-state index in [0.29, 0.717) is 11.9 Å². The molecule has 2 saturated heterocycles. The van der Waals surface area contributed by atoms with Gasteiger partial charge in [0, 0.05) is 54.8 Å². The fraction of sp³-hybridized carbons (Fsp3) is 0.478. The van der Waals surface area contributed by atoms with Gasteiger partial charge < -0.3 is 20.2 Å². The lowest BCUT2D eigenvalue weighted by atomic mass is 9.71. The van der Waals surface area contributed by atoms with Crippen molar-refractivity contribution in [1.82, 2.24) is 14.9 Å². The Balaban J connectivity index is 1.30. The van der Waals surface area contributed by atoms with Gasteiger partial charge in [-0.25, -0.2) is 9.78 Å². The van der Waals surface area contributed by atoms with Crippen LogP contribution in [0.4, 0.5) is 17.5 Å². The first-order valence-corrected chi connectivity index (χ1v) is 10.7. The van der Waals surface area contributed by atoms with Gasteiger partial charge in [0.25, 0.3) is 0 Å². The number of amides is 1. The summed E-state index contributed by atoms with van der Waals surface area (Å²) in [6.45, 7) is 7.89. The van der Waals surface area contributed by atoms with Gasteiger partial charge in [-0.1, -0.05) is 13.8 Å². The summed E-state index contributed by atoms with van der Waals surface area (Å²) >= 11 is 0. The van der Waals surface area contributed by atoms with Gasteiger partial charge in [0.05, 0.1) is 5.56 Å². The molecule has 5 rings (SSSR count). The lowest BCUT2D eigenvalue weighted by molar-refractivity contribution is -0.132. The van der Waals surface area contributed by atoms with E-state index in [0.717, 1.165) is 50.5 Å². The van der Waals surface area contributed by atoms with Crippen LogP contribution in [0, 0.1) is 16.7 Å². The summed E-state index contributed by atoms with van der Waals surface area (Å²) < 4.78 is 0. The largest absolute Gasteiger partial charge is 0.478 e. The Kier molecular flexibility index (Phi) is 4.42. The van der Waals surface area contributed by atoms with Crippen LogP contribution in [0.2, 0.25) is 0 Å². The molecule has 2 unspecified atom stereocenters. The number of likely N-dealkylation sites (tertiary alicyclic amines) is 1. The summed E-state index contributed by atoms with van der Waals surface area (Å²) in [7, 11) is 0. The second kappa shape index (κ2) is 6.93. The second-order valence-electron chi connectivity index (χ2n) is 9.69. The molecule has 2 aromatic rings. The van der Waals surface area contributed by atoms with E-state index in [1.54, 1.807) is 30.5 Å². The summed E-state index contributed by atoms with van der Waals surface area (Å²) in [5, 5.41) is 12.2. The van der Waals surface area contributed by atoms with Crippen LogP contribution in [0.1, 0.15) is 37.0 Å². The van der Waals surface area contributed by atoms with E-state index < -0.39 is 5.97 Å². The first-order valence-electron chi connectivity index (χ1n) is 10.7. The van der Waals surface area contributed by atoms with Gasteiger partial charge in [0.2, 0.25) is 11.9 Å². The van der Waals surface area contributed by atoms with Gasteiger partial charge in [0.15, 0.2) is 0 Å². The number of hydrogen-bond acceptors (Lipinski definition) is 6. The van der Waals surface area contributed by atoms with Crippen LogP contribution in [0.15, 0.2) is 36.5 Å². The number of carboxylic acid groups (broad SMARTS) is 1. The first-order chi connectivity index (χ1) is 14.8. The molecule has 2 aliphatic heterocycles. The van der Waals surface area contributed by atoms with E-state index >= 15 is 0 Å². The Bertz CT molecular complexity index is 1020. The van der Waals surface area contributed by atoms with E-state index in [4.69, 9.17) is 10.1 Å². The number of carbonyl (C=O) groups is 2. The molecule has 1 amide bonds. The number of rotatable bonds is 5. The average molecular weight is 422 g/mol. The van der Waals surface area contributed by atoms with Crippen molar-refractivity contribution < 1.29 is 14.7 Å². The van der Waals surface area contributed by atoms with Gasteiger partial charge >= 0.3 is 5.97 Å². The minimum absolute atomic E-state index is 0.0305. The number of hydrogen-bond donors (Lipinski definition) is 2. The van der Waals surface area contributed by atoms with E-state index in [-0.39, 0.29) is 22.3 Å². The highest BCUT2D eigenvalue weighted by molar-refractivity contribution is 5.88. The first kappa shape index (κ1) is 19.8. The number of benzene rings is 1. The van der Waals surface area contributed by atoms with Gasteiger partial charge in [-0.15, -0.1) is 0 Å². The minimum atomic E-state index is -0.955. The Morgan fingerprint density at radius 2 is 1.68 bits per heavy atom. The summed E-state index contributed by atoms with van der Waals surface area (Å²) in [6.07, 6.45) is 3.83. The molecule has 162 valence electrons. The predicted molar refractivity (Wildman–Crippen MR) is 116 cm³/mol. The lowest BCUT2D eigenvalue weighted by Crippen LogP contribution is -2.36. The maximum absolute atomic E-state index is 12.6. The van der Waals surface area contributed by atoms with Crippen molar-refractivity contribution in [2.75, 3.05) is 36.4 Å². The van der Waals surface area contributed by atoms with Crippen molar-refractivity contribution in [3.05, 3.63) is 42.1 Å². The van der Waals surface area contributed by atoms with E-state index in [2.05, 4.69) is 33.9 Å². The molecule has 3 fully saturated rings. The molecular weight excluding hydrogens is 394 g/mol. The molecule has 31 heavy (non-hydrogen) atoms. The fourth-order valence-corrected chi connectivity index (χ4v) is 4.98. The SMILES string of the molecule is CC12CN(C(=O)C3CC3)CC1(C)CN(c1ccnc(Nc3ccc(C(=O)O)cc3)n1)C2. The quantitative estimate of drug-likeness (QED) is 0.766. The van der Waals surface area contributed by atoms with Gasteiger partial charge in [0.1, 0.15) is 5.82 Å². The van der Waals surface area contributed by atoms with Crippen LogP contribution in [0.5, 0.6) is 0 Å². The average Bonchev–Trinajstić information content (AvgIpc) is 3.49. The highest BCUT2D eigenvalue weighted by atomic mass is 16.4. The van der Waals surface area contributed by atoms with Gasteiger partial charge in [-0.05, 0) is 43.2 Å². The molecular formula is C23H27N5O3. The Hall–Kier alpha value is -3.16.